The van der Waals surface area contributed by atoms with Crippen molar-refractivity contribution < 1.29 is 13.2 Å². The molecule has 7 nitrogen and oxygen atoms in total. The quantitative estimate of drug-likeness (QED) is 0.523. The van der Waals surface area contributed by atoms with Crippen molar-refractivity contribution in [1.82, 2.24) is 14.4 Å². The molecular formula is C21H20N4O3S. The third-order valence-corrected chi connectivity index (χ3v) is 5.78. The summed E-state index contributed by atoms with van der Waals surface area (Å²) in [6, 6.07) is 13.8. The van der Waals surface area contributed by atoms with Gasteiger partial charge in [0.05, 0.1) is 17.2 Å². The summed E-state index contributed by atoms with van der Waals surface area (Å²) in [5.74, 6) is 1.26. The number of hydrogen-bond acceptors (Lipinski definition) is 5. The summed E-state index contributed by atoms with van der Waals surface area (Å²) in [7, 11) is -3.73. The number of imidazole rings is 1. The van der Waals surface area contributed by atoms with Gasteiger partial charge >= 0.3 is 0 Å². The van der Waals surface area contributed by atoms with E-state index in [0.717, 1.165) is 11.1 Å². The Kier molecular flexibility index (Phi) is 4.94. The first-order chi connectivity index (χ1) is 14.0. The van der Waals surface area contributed by atoms with Gasteiger partial charge in [0.15, 0.2) is 0 Å². The van der Waals surface area contributed by atoms with Crippen LogP contribution in [0.3, 0.4) is 0 Å². The number of fused-ring (bicyclic) bond motifs is 1. The first-order valence-corrected chi connectivity index (χ1v) is 10.6. The van der Waals surface area contributed by atoms with Crippen molar-refractivity contribution in [3.8, 4) is 17.0 Å². The summed E-state index contributed by atoms with van der Waals surface area (Å²) >= 11 is 0. The van der Waals surface area contributed by atoms with E-state index >= 15 is 0 Å². The summed E-state index contributed by atoms with van der Waals surface area (Å²) in [6.45, 7) is 4.23. The number of aromatic nitrogens is 3. The highest BCUT2D eigenvalue weighted by atomic mass is 32.2. The van der Waals surface area contributed by atoms with Gasteiger partial charge in [-0.2, -0.15) is 0 Å². The molecule has 2 heterocycles. The molecule has 2 aromatic heterocycles. The standard InChI is InChI=1S/C21H20N4O3S/c1-3-28-20-9-8-18(12-15(20)2)29(26,27)24-17-7-4-6-16(13-17)19-14-25-11-5-10-22-21(25)23-19/h4-14,24H,3H2,1-2H3. The van der Waals surface area contributed by atoms with E-state index in [1.165, 1.54) is 6.07 Å². The number of sulfonamides is 1. The van der Waals surface area contributed by atoms with Crippen LogP contribution in [0.1, 0.15) is 12.5 Å². The van der Waals surface area contributed by atoms with Crippen molar-refractivity contribution in [3.63, 3.8) is 0 Å². The van der Waals surface area contributed by atoms with E-state index in [2.05, 4.69) is 14.7 Å². The zero-order chi connectivity index (χ0) is 20.4. The van der Waals surface area contributed by atoms with Crippen LogP contribution in [0.15, 0.2) is 72.0 Å². The maximum absolute atomic E-state index is 12.8. The fourth-order valence-corrected chi connectivity index (χ4v) is 4.17. The van der Waals surface area contributed by atoms with Crippen LogP contribution in [0.5, 0.6) is 5.75 Å². The predicted molar refractivity (Wildman–Crippen MR) is 112 cm³/mol. The van der Waals surface area contributed by atoms with Crippen LogP contribution in [0.25, 0.3) is 17.0 Å². The van der Waals surface area contributed by atoms with Crippen molar-refractivity contribution in [2.75, 3.05) is 11.3 Å². The summed E-state index contributed by atoms with van der Waals surface area (Å²) in [5, 5.41) is 0. The van der Waals surface area contributed by atoms with Crippen LogP contribution in [0, 0.1) is 6.92 Å². The average molecular weight is 408 g/mol. The van der Waals surface area contributed by atoms with Gasteiger partial charge < -0.3 is 4.74 Å². The largest absolute Gasteiger partial charge is 0.494 e. The molecule has 4 rings (SSSR count). The highest BCUT2D eigenvalue weighted by Gasteiger charge is 2.16. The van der Waals surface area contributed by atoms with E-state index in [1.807, 2.05) is 42.8 Å². The number of anilines is 1. The molecule has 0 saturated heterocycles. The number of hydrogen-bond donors (Lipinski definition) is 1. The van der Waals surface area contributed by atoms with Crippen LogP contribution < -0.4 is 9.46 Å². The Bertz CT molecular complexity index is 1250. The van der Waals surface area contributed by atoms with E-state index in [1.54, 1.807) is 36.5 Å². The van der Waals surface area contributed by atoms with Crippen molar-refractivity contribution in [1.29, 1.82) is 0 Å². The molecule has 29 heavy (non-hydrogen) atoms. The normalized spacial score (nSPS) is 11.5. The van der Waals surface area contributed by atoms with Gasteiger partial charge in [-0.1, -0.05) is 12.1 Å². The molecule has 0 atom stereocenters. The van der Waals surface area contributed by atoms with E-state index in [-0.39, 0.29) is 4.90 Å². The second kappa shape index (κ2) is 7.56. The Morgan fingerprint density at radius 3 is 2.76 bits per heavy atom. The lowest BCUT2D eigenvalue weighted by molar-refractivity contribution is 0.337. The molecule has 0 unspecified atom stereocenters. The van der Waals surface area contributed by atoms with Crippen molar-refractivity contribution in [2.24, 2.45) is 0 Å². The summed E-state index contributed by atoms with van der Waals surface area (Å²) in [4.78, 5) is 8.87. The summed E-state index contributed by atoms with van der Waals surface area (Å²) < 4.78 is 35.6. The van der Waals surface area contributed by atoms with E-state index < -0.39 is 10.0 Å². The average Bonchev–Trinajstić information content (AvgIpc) is 3.14. The van der Waals surface area contributed by atoms with Crippen molar-refractivity contribution >= 4 is 21.5 Å². The number of benzene rings is 2. The Hall–Kier alpha value is -3.39. The number of nitrogens with one attached hydrogen (secondary N) is 1. The lowest BCUT2D eigenvalue weighted by Crippen LogP contribution is -2.13. The minimum atomic E-state index is -3.73. The molecule has 0 saturated carbocycles. The number of nitrogens with zero attached hydrogens (tertiary/aromatic N) is 3. The second-order valence-electron chi connectivity index (χ2n) is 6.50. The summed E-state index contributed by atoms with van der Waals surface area (Å²) in [6.07, 6.45) is 5.39. The minimum absolute atomic E-state index is 0.181. The molecule has 0 bridgehead atoms. The Morgan fingerprint density at radius 2 is 2.00 bits per heavy atom. The molecular weight excluding hydrogens is 388 g/mol. The Morgan fingerprint density at radius 1 is 1.14 bits per heavy atom. The molecule has 148 valence electrons. The van der Waals surface area contributed by atoms with Gasteiger partial charge in [0.25, 0.3) is 10.0 Å². The number of rotatable bonds is 6. The first-order valence-electron chi connectivity index (χ1n) is 9.13. The number of ether oxygens (including phenoxy) is 1. The van der Waals surface area contributed by atoms with Crippen LogP contribution in [0.4, 0.5) is 5.69 Å². The van der Waals surface area contributed by atoms with Gasteiger partial charge in [-0.3, -0.25) is 9.12 Å². The third kappa shape index (κ3) is 3.93. The van der Waals surface area contributed by atoms with Gasteiger partial charge in [-0.25, -0.2) is 18.4 Å². The molecule has 0 aliphatic heterocycles. The smallest absolute Gasteiger partial charge is 0.261 e. The summed E-state index contributed by atoms with van der Waals surface area (Å²) in [5.41, 5.74) is 2.72. The molecule has 8 heteroatoms. The molecule has 0 fully saturated rings. The monoisotopic (exact) mass is 408 g/mol. The highest BCUT2D eigenvalue weighted by molar-refractivity contribution is 7.92. The van der Waals surface area contributed by atoms with E-state index in [4.69, 9.17) is 4.74 Å². The molecule has 1 N–H and O–H groups in total. The molecule has 0 radical (unpaired) electrons. The lowest BCUT2D eigenvalue weighted by atomic mass is 10.1. The molecule has 0 aliphatic carbocycles. The van der Waals surface area contributed by atoms with Gasteiger partial charge in [0, 0.05) is 29.8 Å². The molecule has 0 spiro atoms. The molecule has 0 aliphatic rings. The van der Waals surface area contributed by atoms with Gasteiger partial charge in [-0.15, -0.1) is 0 Å². The minimum Gasteiger partial charge on any atom is -0.494 e. The fraction of sp³-hybridized carbons (Fsp3) is 0.143. The highest BCUT2D eigenvalue weighted by Crippen LogP contribution is 2.26. The SMILES string of the molecule is CCOc1ccc(S(=O)(=O)Nc2cccc(-c3cn4cccnc4n3)c2)cc1C. The van der Waals surface area contributed by atoms with E-state index in [9.17, 15) is 8.42 Å². The zero-order valence-corrected chi connectivity index (χ0v) is 16.8. The maximum atomic E-state index is 12.8. The zero-order valence-electron chi connectivity index (χ0n) is 16.0. The Labute approximate surface area is 169 Å². The number of aryl methyl sites for hydroxylation is 1. The lowest BCUT2D eigenvalue weighted by Gasteiger charge is -2.12. The van der Waals surface area contributed by atoms with Crippen molar-refractivity contribution in [2.45, 2.75) is 18.7 Å². The second-order valence-corrected chi connectivity index (χ2v) is 8.18. The first kappa shape index (κ1) is 18.9. The topological polar surface area (TPSA) is 85.6 Å². The van der Waals surface area contributed by atoms with Gasteiger partial charge in [0.2, 0.25) is 5.78 Å². The Balaban J connectivity index is 1.62. The van der Waals surface area contributed by atoms with Crippen LogP contribution in [-0.2, 0) is 10.0 Å². The van der Waals surface area contributed by atoms with Gasteiger partial charge in [0.1, 0.15) is 5.75 Å². The fourth-order valence-electron chi connectivity index (χ4n) is 3.03. The van der Waals surface area contributed by atoms with Gasteiger partial charge in [-0.05, 0) is 55.8 Å². The molecule has 0 amide bonds. The third-order valence-electron chi connectivity index (χ3n) is 4.40. The van der Waals surface area contributed by atoms with E-state index in [0.29, 0.717) is 29.5 Å². The maximum Gasteiger partial charge on any atom is 0.261 e. The van der Waals surface area contributed by atoms with Crippen LogP contribution >= 0.6 is 0 Å². The van der Waals surface area contributed by atoms with Crippen LogP contribution in [0.2, 0.25) is 0 Å². The van der Waals surface area contributed by atoms with Crippen LogP contribution in [-0.4, -0.2) is 29.4 Å². The molecule has 2 aromatic carbocycles. The van der Waals surface area contributed by atoms with Crippen molar-refractivity contribution in [3.05, 3.63) is 72.7 Å². The molecule has 4 aromatic rings. The predicted octanol–water partition coefficient (Wildman–Crippen LogP) is 3.90.